The van der Waals surface area contributed by atoms with Crippen molar-refractivity contribution in [3.63, 3.8) is 0 Å². The minimum Gasteiger partial charge on any atom is -0.497 e. The van der Waals surface area contributed by atoms with E-state index in [4.69, 9.17) is 9.47 Å². The van der Waals surface area contributed by atoms with Crippen LogP contribution in [0.15, 0.2) is 47.4 Å². The number of methoxy groups -OCH3 is 1. The van der Waals surface area contributed by atoms with Crippen molar-refractivity contribution in [2.75, 3.05) is 25.5 Å². The zero-order valence-corrected chi connectivity index (χ0v) is 20.1. The predicted octanol–water partition coefficient (Wildman–Crippen LogP) is 3.28. The number of carbonyl (C=O) groups is 2. The summed E-state index contributed by atoms with van der Waals surface area (Å²) in [5.74, 6) is -0.774. The van der Waals surface area contributed by atoms with Crippen molar-refractivity contribution in [1.82, 2.24) is 4.31 Å². The first-order valence-corrected chi connectivity index (χ1v) is 12.3. The van der Waals surface area contributed by atoms with Crippen molar-refractivity contribution < 1.29 is 27.5 Å². The Morgan fingerprint density at radius 1 is 1.06 bits per heavy atom. The van der Waals surface area contributed by atoms with Crippen LogP contribution < -0.4 is 10.1 Å². The highest BCUT2D eigenvalue weighted by molar-refractivity contribution is 7.89. The Bertz CT molecular complexity index is 1110. The summed E-state index contributed by atoms with van der Waals surface area (Å²) < 4.78 is 37.6. The van der Waals surface area contributed by atoms with Gasteiger partial charge in [0.25, 0.3) is 5.91 Å². The fraction of sp³-hybridized carbons (Fsp3) is 0.417. The molecule has 1 atom stereocenters. The summed E-state index contributed by atoms with van der Waals surface area (Å²) in [7, 11) is -2.14. The molecule has 1 saturated heterocycles. The summed E-state index contributed by atoms with van der Waals surface area (Å²) in [6.45, 7) is 5.80. The quantitative estimate of drug-likeness (QED) is 0.618. The highest BCUT2D eigenvalue weighted by atomic mass is 32.2. The van der Waals surface area contributed by atoms with Gasteiger partial charge in [0.2, 0.25) is 10.0 Å². The first kappa shape index (κ1) is 24.7. The summed E-state index contributed by atoms with van der Waals surface area (Å²) in [4.78, 5) is 25.2. The first-order valence-electron chi connectivity index (χ1n) is 10.8. The second-order valence-corrected chi connectivity index (χ2v) is 10.2. The highest BCUT2D eigenvalue weighted by Crippen LogP contribution is 2.26. The Balaban J connectivity index is 1.53. The molecule has 1 N–H and O–H groups in total. The molecule has 0 aromatic heterocycles. The summed E-state index contributed by atoms with van der Waals surface area (Å²) >= 11 is 0. The highest BCUT2D eigenvalue weighted by Gasteiger charge is 2.34. The molecule has 0 bridgehead atoms. The molecule has 1 unspecified atom stereocenters. The summed E-state index contributed by atoms with van der Waals surface area (Å²) in [5.41, 5.74) is 2.68. The number of carbonyl (C=O) groups excluding carboxylic acids is 2. The lowest BCUT2D eigenvalue weighted by Gasteiger charge is -2.30. The van der Waals surface area contributed by atoms with Crippen molar-refractivity contribution in [2.24, 2.45) is 5.92 Å². The van der Waals surface area contributed by atoms with Gasteiger partial charge in [-0.2, -0.15) is 4.31 Å². The van der Waals surface area contributed by atoms with E-state index in [-0.39, 0.29) is 18.0 Å². The number of rotatable bonds is 7. The number of nitrogens with one attached hydrogen (secondary N) is 1. The van der Waals surface area contributed by atoms with Crippen LogP contribution in [0.3, 0.4) is 0 Å². The molecule has 9 heteroatoms. The third-order valence-electron chi connectivity index (χ3n) is 5.79. The number of benzene rings is 2. The summed E-state index contributed by atoms with van der Waals surface area (Å²) in [6, 6.07) is 11.9. The second-order valence-electron chi connectivity index (χ2n) is 8.24. The number of piperidine rings is 1. The molecule has 0 aliphatic carbocycles. The lowest BCUT2D eigenvalue weighted by Crippen LogP contribution is -2.41. The SMILES string of the molecule is COc1ccc(S(=O)(=O)N2CCC(C(=O)OC(C)C(=O)Nc3ccc(C)cc3C)CC2)cc1. The molecule has 2 aromatic carbocycles. The van der Waals surface area contributed by atoms with Crippen molar-refractivity contribution in [3.8, 4) is 5.75 Å². The van der Waals surface area contributed by atoms with Crippen LogP contribution in [0, 0.1) is 19.8 Å². The maximum atomic E-state index is 12.9. The molecule has 1 aliphatic rings. The number of hydrogen-bond donors (Lipinski definition) is 1. The van der Waals surface area contributed by atoms with Crippen LogP contribution in [0.1, 0.15) is 30.9 Å². The monoisotopic (exact) mass is 474 g/mol. The van der Waals surface area contributed by atoms with Gasteiger partial charge in [-0.1, -0.05) is 17.7 Å². The molecule has 0 radical (unpaired) electrons. The Morgan fingerprint density at radius 2 is 1.70 bits per heavy atom. The smallest absolute Gasteiger partial charge is 0.309 e. The molecular weight excluding hydrogens is 444 g/mol. The van der Waals surface area contributed by atoms with Gasteiger partial charge < -0.3 is 14.8 Å². The van der Waals surface area contributed by atoms with E-state index in [1.807, 2.05) is 32.0 Å². The zero-order valence-electron chi connectivity index (χ0n) is 19.3. The second kappa shape index (κ2) is 10.4. The van der Waals surface area contributed by atoms with E-state index in [9.17, 15) is 18.0 Å². The van der Waals surface area contributed by atoms with Gasteiger partial charge in [-0.3, -0.25) is 9.59 Å². The normalized spacial score (nSPS) is 16.1. The maximum Gasteiger partial charge on any atom is 0.309 e. The van der Waals surface area contributed by atoms with Crippen molar-refractivity contribution in [1.29, 1.82) is 0 Å². The number of hydrogen-bond acceptors (Lipinski definition) is 6. The van der Waals surface area contributed by atoms with Crippen LogP contribution in [-0.2, 0) is 24.3 Å². The average Bonchev–Trinajstić information content (AvgIpc) is 2.80. The molecule has 1 aliphatic heterocycles. The summed E-state index contributed by atoms with van der Waals surface area (Å²) in [6.07, 6.45) is -0.293. The molecule has 3 rings (SSSR count). The largest absolute Gasteiger partial charge is 0.497 e. The lowest BCUT2D eigenvalue weighted by atomic mass is 9.98. The zero-order chi connectivity index (χ0) is 24.2. The topological polar surface area (TPSA) is 102 Å². The fourth-order valence-electron chi connectivity index (χ4n) is 3.74. The van der Waals surface area contributed by atoms with Gasteiger partial charge in [-0.25, -0.2) is 8.42 Å². The molecule has 1 fully saturated rings. The van der Waals surface area contributed by atoms with E-state index in [2.05, 4.69) is 5.32 Å². The van der Waals surface area contributed by atoms with Gasteiger partial charge >= 0.3 is 5.97 Å². The van der Waals surface area contributed by atoms with Crippen LogP contribution in [0.5, 0.6) is 5.75 Å². The molecule has 1 amide bonds. The number of aryl methyl sites for hydroxylation is 2. The fourth-order valence-corrected chi connectivity index (χ4v) is 5.21. The molecule has 8 nitrogen and oxygen atoms in total. The van der Waals surface area contributed by atoms with Crippen molar-refractivity contribution in [2.45, 2.75) is 44.6 Å². The van der Waals surface area contributed by atoms with Gasteiger partial charge in [-0.05, 0) is 69.5 Å². The Morgan fingerprint density at radius 3 is 2.27 bits per heavy atom. The summed E-state index contributed by atoms with van der Waals surface area (Å²) in [5, 5.41) is 2.79. The van der Waals surface area contributed by atoms with E-state index in [0.717, 1.165) is 11.1 Å². The van der Waals surface area contributed by atoms with Crippen LogP contribution in [0.4, 0.5) is 5.69 Å². The lowest BCUT2D eigenvalue weighted by molar-refractivity contribution is -0.158. The van der Waals surface area contributed by atoms with Crippen LogP contribution in [0.25, 0.3) is 0 Å². The van der Waals surface area contributed by atoms with Gasteiger partial charge in [0.1, 0.15) is 5.75 Å². The molecule has 0 spiro atoms. The molecular formula is C24H30N2O6S. The minimum atomic E-state index is -3.65. The van der Waals surface area contributed by atoms with E-state index in [0.29, 0.717) is 24.3 Å². The number of nitrogens with zero attached hydrogens (tertiary/aromatic N) is 1. The Hall–Kier alpha value is -2.91. The van der Waals surface area contributed by atoms with Crippen LogP contribution in [-0.4, -0.2) is 50.9 Å². The number of amides is 1. The van der Waals surface area contributed by atoms with Gasteiger partial charge in [0.15, 0.2) is 6.10 Å². The minimum absolute atomic E-state index is 0.181. The van der Waals surface area contributed by atoms with Gasteiger partial charge in [0, 0.05) is 18.8 Å². The Kier molecular flexibility index (Phi) is 7.76. The predicted molar refractivity (Wildman–Crippen MR) is 125 cm³/mol. The third kappa shape index (κ3) is 5.91. The number of sulfonamides is 1. The number of ether oxygens (including phenoxy) is 2. The van der Waals surface area contributed by atoms with E-state index in [1.165, 1.54) is 30.5 Å². The first-order chi connectivity index (χ1) is 15.6. The van der Waals surface area contributed by atoms with Crippen LogP contribution >= 0.6 is 0 Å². The average molecular weight is 475 g/mol. The van der Waals surface area contributed by atoms with Crippen molar-refractivity contribution >= 4 is 27.6 Å². The van der Waals surface area contributed by atoms with Crippen molar-refractivity contribution in [3.05, 3.63) is 53.6 Å². The third-order valence-corrected chi connectivity index (χ3v) is 7.70. The van der Waals surface area contributed by atoms with Gasteiger partial charge in [0.05, 0.1) is 17.9 Å². The molecule has 2 aromatic rings. The van der Waals surface area contributed by atoms with Gasteiger partial charge in [-0.15, -0.1) is 0 Å². The maximum absolute atomic E-state index is 12.9. The number of anilines is 1. The van der Waals surface area contributed by atoms with Crippen LogP contribution in [0.2, 0.25) is 0 Å². The molecule has 178 valence electrons. The standard InChI is InChI=1S/C24H30N2O6S/c1-16-5-10-22(17(2)15-16)25-23(27)18(3)32-24(28)19-11-13-26(14-12-19)33(29,30)21-8-6-20(31-4)7-9-21/h5-10,15,18-19H,11-14H2,1-4H3,(H,25,27). The Labute approximate surface area is 194 Å². The molecule has 1 heterocycles. The van der Waals surface area contributed by atoms with E-state index in [1.54, 1.807) is 12.1 Å². The molecule has 0 saturated carbocycles. The number of esters is 1. The molecule has 33 heavy (non-hydrogen) atoms. The van der Waals surface area contributed by atoms with E-state index < -0.39 is 33.9 Å². The van der Waals surface area contributed by atoms with E-state index >= 15 is 0 Å².